The predicted octanol–water partition coefficient (Wildman–Crippen LogP) is 0.654. The molecule has 1 aromatic carbocycles. The van der Waals surface area contributed by atoms with Crippen LogP contribution in [0.2, 0.25) is 0 Å². The lowest BCUT2D eigenvalue weighted by atomic mass is 9.90. The van der Waals surface area contributed by atoms with Crippen LogP contribution in [0.3, 0.4) is 0 Å². The Morgan fingerprint density at radius 3 is 2.52 bits per heavy atom. The molecule has 2 N–H and O–H groups in total. The zero-order valence-corrected chi connectivity index (χ0v) is 14.6. The lowest BCUT2D eigenvalue weighted by Gasteiger charge is -2.36. The summed E-state index contributed by atoms with van der Waals surface area (Å²) in [6.07, 6.45) is 3.14. The zero-order valence-electron chi connectivity index (χ0n) is 14.6. The predicted molar refractivity (Wildman–Crippen MR) is 94.8 cm³/mol. The molecular formula is C19H27N3O3. The van der Waals surface area contributed by atoms with E-state index in [1.165, 1.54) is 5.56 Å². The van der Waals surface area contributed by atoms with Gasteiger partial charge in [-0.1, -0.05) is 30.3 Å². The molecule has 6 heteroatoms. The number of ether oxygens (including phenoxy) is 1. The van der Waals surface area contributed by atoms with Crippen LogP contribution in [0, 0.1) is 5.92 Å². The van der Waals surface area contributed by atoms with E-state index in [4.69, 9.17) is 10.5 Å². The summed E-state index contributed by atoms with van der Waals surface area (Å²) in [5.41, 5.74) is 6.78. The van der Waals surface area contributed by atoms with Gasteiger partial charge in [0.25, 0.3) is 0 Å². The summed E-state index contributed by atoms with van der Waals surface area (Å²) in [4.78, 5) is 27.9. The van der Waals surface area contributed by atoms with Gasteiger partial charge in [-0.15, -0.1) is 0 Å². The highest BCUT2D eigenvalue weighted by Gasteiger charge is 2.31. The standard InChI is InChI=1S/C19H27N3O3/c20-19(24)17-14-25-11-10-22(17)13-18(23)21-8-6-16(7-9-21)12-15-4-2-1-3-5-15/h1-5,16-17H,6-14H2,(H2,20,24)/t17-/m0/s1. The van der Waals surface area contributed by atoms with Gasteiger partial charge in [-0.2, -0.15) is 0 Å². The van der Waals surface area contributed by atoms with Gasteiger partial charge in [0.1, 0.15) is 6.04 Å². The van der Waals surface area contributed by atoms with E-state index in [-0.39, 0.29) is 19.1 Å². The van der Waals surface area contributed by atoms with Crippen LogP contribution in [0.5, 0.6) is 0 Å². The maximum atomic E-state index is 12.6. The number of benzene rings is 1. The Morgan fingerprint density at radius 1 is 1.12 bits per heavy atom. The SMILES string of the molecule is NC(=O)[C@@H]1COCCN1CC(=O)N1CCC(Cc2ccccc2)CC1. The number of primary amides is 1. The van der Waals surface area contributed by atoms with Crippen LogP contribution < -0.4 is 5.73 Å². The second-order valence-electron chi connectivity index (χ2n) is 6.98. The van der Waals surface area contributed by atoms with Crippen molar-refractivity contribution in [3.8, 4) is 0 Å². The molecule has 0 aromatic heterocycles. The van der Waals surface area contributed by atoms with Crippen molar-refractivity contribution >= 4 is 11.8 Å². The average Bonchev–Trinajstić information content (AvgIpc) is 2.63. The van der Waals surface area contributed by atoms with Gasteiger partial charge in [0.15, 0.2) is 0 Å². The summed E-state index contributed by atoms with van der Waals surface area (Å²) in [7, 11) is 0. The molecule has 0 bridgehead atoms. The van der Waals surface area contributed by atoms with E-state index in [9.17, 15) is 9.59 Å². The summed E-state index contributed by atoms with van der Waals surface area (Å²) in [5, 5.41) is 0. The third-order valence-electron chi connectivity index (χ3n) is 5.24. The first-order chi connectivity index (χ1) is 12.1. The Kier molecular flexibility index (Phi) is 6.04. The monoisotopic (exact) mass is 345 g/mol. The Morgan fingerprint density at radius 2 is 1.84 bits per heavy atom. The molecule has 2 heterocycles. The number of carbonyl (C=O) groups is 2. The fourth-order valence-electron chi connectivity index (χ4n) is 3.70. The minimum atomic E-state index is -0.492. The number of morpholine rings is 1. The molecule has 2 amide bonds. The zero-order chi connectivity index (χ0) is 17.6. The number of carbonyl (C=O) groups excluding carboxylic acids is 2. The van der Waals surface area contributed by atoms with E-state index < -0.39 is 11.9 Å². The number of rotatable bonds is 5. The average molecular weight is 345 g/mol. The Balaban J connectivity index is 1.47. The normalized spacial score (nSPS) is 22.7. The van der Waals surface area contributed by atoms with E-state index in [2.05, 4.69) is 24.3 Å². The maximum absolute atomic E-state index is 12.6. The Bertz CT molecular complexity index is 585. The number of nitrogens with zero attached hydrogens (tertiary/aromatic N) is 2. The number of amides is 2. The van der Waals surface area contributed by atoms with Crippen LogP contribution >= 0.6 is 0 Å². The Hall–Kier alpha value is -1.92. The van der Waals surface area contributed by atoms with Gasteiger partial charge in [-0.25, -0.2) is 0 Å². The molecule has 0 saturated carbocycles. The van der Waals surface area contributed by atoms with Crippen LogP contribution in [0.25, 0.3) is 0 Å². The second kappa shape index (κ2) is 8.45. The van der Waals surface area contributed by atoms with Crippen LogP contribution in [0.15, 0.2) is 30.3 Å². The van der Waals surface area contributed by atoms with Gasteiger partial charge in [0.05, 0.1) is 19.8 Å². The van der Waals surface area contributed by atoms with Gasteiger partial charge in [-0.05, 0) is 30.7 Å². The van der Waals surface area contributed by atoms with E-state index in [1.807, 2.05) is 15.9 Å². The molecule has 6 nitrogen and oxygen atoms in total. The van der Waals surface area contributed by atoms with Crippen LogP contribution in [-0.2, 0) is 20.7 Å². The molecule has 25 heavy (non-hydrogen) atoms. The first kappa shape index (κ1) is 17.9. The highest BCUT2D eigenvalue weighted by Crippen LogP contribution is 2.22. The number of nitrogens with two attached hydrogens (primary N) is 1. The van der Waals surface area contributed by atoms with E-state index in [0.717, 1.165) is 32.4 Å². The topological polar surface area (TPSA) is 75.9 Å². The van der Waals surface area contributed by atoms with Crippen LogP contribution in [0.1, 0.15) is 18.4 Å². The third-order valence-corrected chi connectivity index (χ3v) is 5.24. The van der Waals surface area contributed by atoms with Crippen LogP contribution in [-0.4, -0.2) is 67.0 Å². The van der Waals surface area contributed by atoms with Crippen molar-refractivity contribution < 1.29 is 14.3 Å². The molecule has 2 saturated heterocycles. The minimum Gasteiger partial charge on any atom is -0.378 e. The molecule has 0 radical (unpaired) electrons. The molecule has 2 aliphatic heterocycles. The number of hydrogen-bond acceptors (Lipinski definition) is 4. The molecule has 2 aliphatic rings. The summed E-state index contributed by atoms with van der Waals surface area (Å²) in [6.45, 7) is 3.23. The van der Waals surface area contributed by atoms with Gasteiger partial charge in [-0.3, -0.25) is 14.5 Å². The second-order valence-corrected chi connectivity index (χ2v) is 6.98. The summed E-state index contributed by atoms with van der Waals surface area (Å²) in [6, 6.07) is 10.0. The van der Waals surface area contributed by atoms with Gasteiger partial charge < -0.3 is 15.4 Å². The van der Waals surface area contributed by atoms with Gasteiger partial charge >= 0.3 is 0 Å². The maximum Gasteiger partial charge on any atom is 0.237 e. The van der Waals surface area contributed by atoms with Crippen molar-refractivity contribution in [3.63, 3.8) is 0 Å². The van der Waals surface area contributed by atoms with Crippen molar-refractivity contribution in [1.29, 1.82) is 0 Å². The summed E-state index contributed by atoms with van der Waals surface area (Å²) >= 11 is 0. The first-order valence-corrected chi connectivity index (χ1v) is 9.06. The molecule has 0 spiro atoms. The van der Waals surface area contributed by atoms with E-state index in [0.29, 0.717) is 19.1 Å². The smallest absolute Gasteiger partial charge is 0.237 e. The molecule has 1 aromatic rings. The van der Waals surface area contributed by atoms with E-state index in [1.54, 1.807) is 0 Å². The quantitative estimate of drug-likeness (QED) is 0.850. The van der Waals surface area contributed by atoms with Crippen LogP contribution in [0.4, 0.5) is 0 Å². The van der Waals surface area contributed by atoms with Crippen molar-refractivity contribution in [3.05, 3.63) is 35.9 Å². The number of piperidine rings is 1. The van der Waals surface area contributed by atoms with Gasteiger partial charge in [0, 0.05) is 19.6 Å². The van der Waals surface area contributed by atoms with Gasteiger partial charge in [0.2, 0.25) is 11.8 Å². The molecule has 3 rings (SSSR count). The third kappa shape index (κ3) is 4.80. The van der Waals surface area contributed by atoms with E-state index >= 15 is 0 Å². The van der Waals surface area contributed by atoms with Crippen molar-refractivity contribution in [1.82, 2.24) is 9.80 Å². The van der Waals surface area contributed by atoms with Crippen molar-refractivity contribution in [2.75, 3.05) is 39.4 Å². The molecule has 136 valence electrons. The number of hydrogen-bond donors (Lipinski definition) is 1. The molecular weight excluding hydrogens is 318 g/mol. The largest absolute Gasteiger partial charge is 0.378 e. The molecule has 2 fully saturated rings. The first-order valence-electron chi connectivity index (χ1n) is 9.06. The highest BCUT2D eigenvalue weighted by molar-refractivity contribution is 5.82. The molecule has 1 atom stereocenters. The highest BCUT2D eigenvalue weighted by atomic mass is 16.5. The summed E-state index contributed by atoms with van der Waals surface area (Å²) in [5.74, 6) is 0.300. The lowest BCUT2D eigenvalue weighted by molar-refractivity contribution is -0.139. The lowest BCUT2D eigenvalue weighted by Crippen LogP contribution is -2.55. The molecule has 0 unspecified atom stereocenters. The fourth-order valence-corrected chi connectivity index (χ4v) is 3.70. The molecule has 0 aliphatic carbocycles. The summed E-state index contributed by atoms with van der Waals surface area (Å²) < 4.78 is 5.30. The van der Waals surface area contributed by atoms with Crippen molar-refractivity contribution in [2.24, 2.45) is 11.7 Å². The van der Waals surface area contributed by atoms with Crippen molar-refractivity contribution in [2.45, 2.75) is 25.3 Å². The number of likely N-dealkylation sites (tertiary alicyclic amines) is 1. The Labute approximate surface area is 148 Å². The minimum absolute atomic E-state index is 0.0892. The fraction of sp³-hybridized carbons (Fsp3) is 0.579.